The van der Waals surface area contributed by atoms with Crippen molar-refractivity contribution >= 4 is 5.91 Å². The molecule has 0 bridgehead atoms. The summed E-state index contributed by atoms with van der Waals surface area (Å²) in [7, 11) is 1.95. The fourth-order valence-corrected chi connectivity index (χ4v) is 4.42. The number of aromatic nitrogens is 2. The van der Waals surface area contributed by atoms with Crippen molar-refractivity contribution < 1.29 is 4.79 Å². The standard InChI is InChI=1S/C20H26N4O/c1-22-11-4-8-20(19(22)25)9-13-23(16-20)14-17-6-2-3-7-18(17)15-24-12-5-10-21-24/h2-3,5-7,10,12H,4,8-9,11,13-16H2,1H3/t20-/m1/s1. The molecule has 0 N–H and O–H groups in total. The lowest BCUT2D eigenvalue weighted by Gasteiger charge is -2.37. The predicted octanol–water partition coefficient (Wildman–Crippen LogP) is 2.38. The summed E-state index contributed by atoms with van der Waals surface area (Å²) >= 11 is 0. The van der Waals surface area contributed by atoms with Crippen LogP contribution in [0, 0.1) is 5.41 Å². The molecule has 0 unspecified atom stereocenters. The van der Waals surface area contributed by atoms with Gasteiger partial charge in [0.25, 0.3) is 0 Å². The Morgan fingerprint density at radius 1 is 1.08 bits per heavy atom. The molecule has 0 aliphatic carbocycles. The molecule has 3 heterocycles. The number of hydrogen-bond acceptors (Lipinski definition) is 3. The average Bonchev–Trinajstić information content (AvgIpc) is 3.25. The van der Waals surface area contributed by atoms with Crippen molar-refractivity contribution in [3.63, 3.8) is 0 Å². The smallest absolute Gasteiger partial charge is 0.229 e. The summed E-state index contributed by atoms with van der Waals surface area (Å²) in [6.07, 6.45) is 6.99. The first-order chi connectivity index (χ1) is 12.2. The molecule has 1 atom stereocenters. The lowest BCUT2D eigenvalue weighted by atomic mass is 9.78. The molecule has 4 rings (SSSR count). The van der Waals surface area contributed by atoms with Crippen molar-refractivity contribution in [2.45, 2.75) is 32.4 Å². The molecule has 25 heavy (non-hydrogen) atoms. The second kappa shape index (κ2) is 6.64. The molecule has 2 fully saturated rings. The van der Waals surface area contributed by atoms with E-state index < -0.39 is 0 Å². The quantitative estimate of drug-likeness (QED) is 0.859. The Bertz CT molecular complexity index is 742. The Kier molecular flexibility index (Phi) is 4.34. The van der Waals surface area contributed by atoms with Crippen molar-refractivity contribution in [1.82, 2.24) is 19.6 Å². The third kappa shape index (κ3) is 3.21. The fraction of sp³-hybridized carbons (Fsp3) is 0.500. The van der Waals surface area contributed by atoms with Gasteiger partial charge in [0.15, 0.2) is 0 Å². The van der Waals surface area contributed by atoms with Crippen LogP contribution in [0.3, 0.4) is 0 Å². The van der Waals surface area contributed by atoms with Gasteiger partial charge >= 0.3 is 0 Å². The number of likely N-dealkylation sites (tertiary alicyclic amines) is 2. The van der Waals surface area contributed by atoms with Crippen molar-refractivity contribution in [2.24, 2.45) is 5.41 Å². The summed E-state index contributed by atoms with van der Waals surface area (Å²) in [6, 6.07) is 10.5. The Balaban J connectivity index is 1.47. The number of piperidine rings is 1. The van der Waals surface area contributed by atoms with Crippen LogP contribution in [0.4, 0.5) is 0 Å². The zero-order valence-electron chi connectivity index (χ0n) is 14.9. The highest BCUT2D eigenvalue weighted by Crippen LogP contribution is 2.40. The average molecular weight is 338 g/mol. The van der Waals surface area contributed by atoms with Gasteiger partial charge in [0, 0.05) is 39.1 Å². The van der Waals surface area contributed by atoms with E-state index in [1.165, 1.54) is 11.1 Å². The Hall–Kier alpha value is -2.14. The monoisotopic (exact) mass is 338 g/mol. The van der Waals surface area contributed by atoms with Gasteiger partial charge in [-0.2, -0.15) is 5.10 Å². The highest BCUT2D eigenvalue weighted by Gasteiger charge is 2.47. The fourth-order valence-electron chi connectivity index (χ4n) is 4.42. The Labute approximate surface area is 149 Å². The minimum atomic E-state index is -0.135. The van der Waals surface area contributed by atoms with Crippen LogP contribution in [-0.2, 0) is 17.9 Å². The molecule has 2 aliphatic rings. The minimum Gasteiger partial charge on any atom is -0.345 e. The van der Waals surface area contributed by atoms with Gasteiger partial charge in [0.2, 0.25) is 5.91 Å². The van der Waals surface area contributed by atoms with E-state index in [0.717, 1.165) is 52.0 Å². The molecule has 2 aliphatic heterocycles. The van der Waals surface area contributed by atoms with E-state index in [4.69, 9.17) is 0 Å². The van der Waals surface area contributed by atoms with E-state index >= 15 is 0 Å². The van der Waals surface area contributed by atoms with Crippen LogP contribution in [-0.4, -0.2) is 52.2 Å². The maximum absolute atomic E-state index is 12.7. The van der Waals surface area contributed by atoms with Gasteiger partial charge in [-0.25, -0.2) is 0 Å². The van der Waals surface area contributed by atoms with Gasteiger partial charge in [-0.1, -0.05) is 24.3 Å². The SMILES string of the molecule is CN1CCC[C@]2(CCN(Cc3ccccc3Cn3cccn3)C2)C1=O. The molecule has 2 aromatic rings. The van der Waals surface area contributed by atoms with E-state index in [9.17, 15) is 4.79 Å². The third-order valence-corrected chi connectivity index (χ3v) is 5.79. The normalized spacial score (nSPS) is 24.4. The van der Waals surface area contributed by atoms with Crippen molar-refractivity contribution in [1.29, 1.82) is 0 Å². The maximum atomic E-state index is 12.7. The molecule has 1 aromatic carbocycles. The zero-order valence-corrected chi connectivity index (χ0v) is 14.9. The van der Waals surface area contributed by atoms with Gasteiger partial charge in [-0.15, -0.1) is 0 Å². The van der Waals surface area contributed by atoms with Crippen molar-refractivity contribution in [2.75, 3.05) is 26.7 Å². The number of amides is 1. The van der Waals surface area contributed by atoms with Crippen molar-refractivity contribution in [3.05, 3.63) is 53.9 Å². The number of nitrogens with zero attached hydrogens (tertiary/aromatic N) is 4. The first-order valence-corrected chi connectivity index (χ1v) is 9.18. The lowest BCUT2D eigenvalue weighted by molar-refractivity contribution is -0.143. The van der Waals surface area contributed by atoms with Gasteiger partial charge in [-0.3, -0.25) is 14.4 Å². The van der Waals surface area contributed by atoms with Crippen LogP contribution in [0.2, 0.25) is 0 Å². The van der Waals surface area contributed by atoms with Gasteiger partial charge in [0.1, 0.15) is 0 Å². The molecule has 2 saturated heterocycles. The van der Waals surface area contributed by atoms with E-state index in [1.54, 1.807) is 0 Å². The first-order valence-electron chi connectivity index (χ1n) is 9.18. The van der Waals surface area contributed by atoms with E-state index in [-0.39, 0.29) is 5.41 Å². The topological polar surface area (TPSA) is 41.4 Å². The predicted molar refractivity (Wildman–Crippen MR) is 97.0 cm³/mol. The van der Waals surface area contributed by atoms with Crippen LogP contribution in [0.1, 0.15) is 30.4 Å². The summed E-state index contributed by atoms with van der Waals surface area (Å²) in [5.41, 5.74) is 2.51. The molecule has 5 heteroatoms. The molecule has 132 valence electrons. The third-order valence-electron chi connectivity index (χ3n) is 5.79. The Morgan fingerprint density at radius 3 is 2.64 bits per heavy atom. The second-order valence-corrected chi connectivity index (χ2v) is 7.54. The van der Waals surface area contributed by atoms with E-state index in [2.05, 4.69) is 34.3 Å². The zero-order chi connectivity index (χ0) is 17.3. The van der Waals surface area contributed by atoms with Crippen LogP contribution in [0.15, 0.2) is 42.7 Å². The first kappa shape index (κ1) is 16.3. The van der Waals surface area contributed by atoms with Crippen LogP contribution >= 0.6 is 0 Å². The highest BCUT2D eigenvalue weighted by molar-refractivity contribution is 5.83. The molecule has 0 saturated carbocycles. The molecular formula is C20H26N4O. The Morgan fingerprint density at radius 2 is 1.88 bits per heavy atom. The highest BCUT2D eigenvalue weighted by atomic mass is 16.2. The molecular weight excluding hydrogens is 312 g/mol. The summed E-state index contributed by atoms with van der Waals surface area (Å²) in [6.45, 7) is 4.52. The molecule has 0 radical (unpaired) electrons. The second-order valence-electron chi connectivity index (χ2n) is 7.54. The van der Waals surface area contributed by atoms with Gasteiger partial charge in [0.05, 0.1) is 12.0 Å². The summed E-state index contributed by atoms with van der Waals surface area (Å²) in [5, 5.41) is 4.32. The number of carbonyl (C=O) groups is 1. The van der Waals surface area contributed by atoms with Crippen LogP contribution < -0.4 is 0 Å². The van der Waals surface area contributed by atoms with E-state index in [1.807, 2.05) is 35.1 Å². The largest absolute Gasteiger partial charge is 0.345 e. The van der Waals surface area contributed by atoms with Crippen molar-refractivity contribution in [3.8, 4) is 0 Å². The summed E-state index contributed by atoms with van der Waals surface area (Å²) in [4.78, 5) is 17.1. The number of benzene rings is 1. The molecule has 1 aromatic heterocycles. The number of rotatable bonds is 4. The minimum absolute atomic E-state index is 0.135. The molecule has 1 spiro atoms. The maximum Gasteiger partial charge on any atom is 0.229 e. The molecule has 5 nitrogen and oxygen atoms in total. The van der Waals surface area contributed by atoms with Gasteiger partial charge < -0.3 is 4.90 Å². The van der Waals surface area contributed by atoms with Gasteiger partial charge in [-0.05, 0) is 43.0 Å². The summed E-state index contributed by atoms with van der Waals surface area (Å²) in [5.74, 6) is 0.353. The lowest BCUT2D eigenvalue weighted by Crippen LogP contribution is -2.48. The van der Waals surface area contributed by atoms with E-state index in [0.29, 0.717) is 5.91 Å². The number of hydrogen-bond donors (Lipinski definition) is 0. The number of carbonyl (C=O) groups excluding carboxylic acids is 1. The van der Waals surface area contributed by atoms with Crippen LogP contribution in [0.5, 0.6) is 0 Å². The summed E-state index contributed by atoms with van der Waals surface area (Å²) < 4.78 is 1.96. The van der Waals surface area contributed by atoms with Crippen LogP contribution in [0.25, 0.3) is 0 Å². The molecule has 1 amide bonds.